The van der Waals surface area contributed by atoms with Gasteiger partial charge in [-0.3, -0.25) is 0 Å². The molecule has 0 aliphatic heterocycles. The molecule has 0 amide bonds. The second kappa shape index (κ2) is 4.61. The van der Waals surface area contributed by atoms with Crippen molar-refractivity contribution in [1.29, 1.82) is 0 Å². The molecule has 0 aliphatic rings. The van der Waals surface area contributed by atoms with Gasteiger partial charge in [-0.15, -0.1) is 0 Å². The maximum absolute atomic E-state index is 12.7. The van der Waals surface area contributed by atoms with E-state index in [1.54, 1.807) is 0 Å². The molecule has 1 aromatic rings. The largest absolute Gasteiger partial charge is 0.393 e. The zero-order chi connectivity index (χ0) is 11.5. The van der Waals surface area contributed by atoms with Gasteiger partial charge in [0.15, 0.2) is 0 Å². The number of hydrogen-bond acceptors (Lipinski definition) is 1. The predicted molar refractivity (Wildman–Crippen MR) is 48.7 cm³/mol. The van der Waals surface area contributed by atoms with E-state index in [4.69, 9.17) is 5.73 Å². The van der Waals surface area contributed by atoms with Crippen LogP contribution in [0.3, 0.4) is 0 Å². The van der Waals surface area contributed by atoms with Gasteiger partial charge in [0.05, 0.1) is 5.92 Å². The Bertz CT molecular complexity index is 321. The van der Waals surface area contributed by atoms with Crippen molar-refractivity contribution in [2.24, 2.45) is 11.7 Å². The lowest BCUT2D eigenvalue weighted by atomic mass is 9.99. The van der Waals surface area contributed by atoms with Crippen molar-refractivity contribution in [3.05, 3.63) is 35.6 Å². The number of nitrogens with two attached hydrogens (primary N) is 1. The molecule has 0 bridgehead atoms. The van der Waals surface area contributed by atoms with E-state index in [0.29, 0.717) is 5.56 Å². The van der Waals surface area contributed by atoms with Crippen molar-refractivity contribution in [2.45, 2.75) is 12.6 Å². The summed E-state index contributed by atoms with van der Waals surface area (Å²) in [5, 5.41) is 0. The molecule has 15 heavy (non-hydrogen) atoms. The molecule has 0 aliphatic carbocycles. The second-order valence-corrected chi connectivity index (χ2v) is 3.31. The highest BCUT2D eigenvalue weighted by Crippen LogP contribution is 2.28. The molecule has 1 atom stereocenters. The van der Waals surface area contributed by atoms with Crippen LogP contribution in [-0.2, 0) is 6.42 Å². The van der Waals surface area contributed by atoms with Gasteiger partial charge >= 0.3 is 6.18 Å². The summed E-state index contributed by atoms with van der Waals surface area (Å²) in [6.45, 7) is -0.486. The Labute approximate surface area is 84.9 Å². The SMILES string of the molecule is NCC(Cc1cccc(F)c1)C(F)(F)F. The lowest BCUT2D eigenvalue weighted by Crippen LogP contribution is -2.31. The maximum Gasteiger partial charge on any atom is 0.393 e. The normalized spacial score (nSPS) is 13.9. The Balaban J connectivity index is 2.76. The van der Waals surface area contributed by atoms with Crippen molar-refractivity contribution in [2.75, 3.05) is 6.54 Å². The van der Waals surface area contributed by atoms with Crippen LogP contribution < -0.4 is 5.73 Å². The van der Waals surface area contributed by atoms with Gasteiger partial charge in [0.1, 0.15) is 5.82 Å². The van der Waals surface area contributed by atoms with Crippen LogP contribution >= 0.6 is 0 Å². The highest BCUT2D eigenvalue weighted by Gasteiger charge is 2.38. The van der Waals surface area contributed by atoms with Crippen LogP contribution in [0.2, 0.25) is 0 Å². The summed E-state index contributed by atoms with van der Waals surface area (Å²) in [6, 6.07) is 5.12. The van der Waals surface area contributed by atoms with Crippen molar-refractivity contribution < 1.29 is 17.6 Å². The molecule has 1 aromatic carbocycles. The van der Waals surface area contributed by atoms with Crippen LogP contribution in [0.5, 0.6) is 0 Å². The zero-order valence-corrected chi connectivity index (χ0v) is 7.89. The Kier molecular flexibility index (Phi) is 3.68. The van der Waals surface area contributed by atoms with Gasteiger partial charge < -0.3 is 5.73 Å². The summed E-state index contributed by atoms with van der Waals surface area (Å²) < 4.78 is 49.7. The number of rotatable bonds is 3. The molecule has 0 aromatic heterocycles. The molecule has 0 saturated carbocycles. The quantitative estimate of drug-likeness (QED) is 0.780. The van der Waals surface area contributed by atoms with Crippen molar-refractivity contribution in [1.82, 2.24) is 0 Å². The van der Waals surface area contributed by atoms with E-state index < -0.39 is 24.5 Å². The number of benzene rings is 1. The average Bonchev–Trinajstić information content (AvgIpc) is 2.12. The first-order valence-corrected chi connectivity index (χ1v) is 4.44. The molecule has 1 rings (SSSR count). The van der Waals surface area contributed by atoms with Gasteiger partial charge in [0.2, 0.25) is 0 Å². The zero-order valence-electron chi connectivity index (χ0n) is 7.89. The molecule has 84 valence electrons. The molecule has 0 fully saturated rings. The fraction of sp³-hybridized carbons (Fsp3) is 0.400. The summed E-state index contributed by atoms with van der Waals surface area (Å²) in [6.07, 6.45) is -4.61. The maximum atomic E-state index is 12.7. The minimum absolute atomic E-state index is 0.280. The molecule has 0 radical (unpaired) electrons. The van der Waals surface area contributed by atoms with Gasteiger partial charge in [-0.05, 0) is 24.1 Å². The van der Waals surface area contributed by atoms with Gasteiger partial charge in [-0.1, -0.05) is 12.1 Å². The molecule has 1 nitrogen and oxygen atoms in total. The number of hydrogen-bond donors (Lipinski definition) is 1. The van der Waals surface area contributed by atoms with Crippen molar-refractivity contribution in [3.8, 4) is 0 Å². The fourth-order valence-electron chi connectivity index (χ4n) is 1.28. The van der Waals surface area contributed by atoms with Crippen LogP contribution in [0.15, 0.2) is 24.3 Å². The number of halogens is 4. The standard InChI is InChI=1S/C10H11F4N/c11-9-3-1-2-7(5-9)4-8(6-15)10(12,13)14/h1-3,5,8H,4,6,15H2. The van der Waals surface area contributed by atoms with Crippen LogP contribution in [-0.4, -0.2) is 12.7 Å². The summed E-state index contributed by atoms with van der Waals surface area (Å²) in [7, 11) is 0. The van der Waals surface area contributed by atoms with Crippen LogP contribution in [0.4, 0.5) is 17.6 Å². The lowest BCUT2D eigenvalue weighted by molar-refractivity contribution is -0.171. The van der Waals surface area contributed by atoms with E-state index in [-0.39, 0.29) is 6.42 Å². The second-order valence-electron chi connectivity index (χ2n) is 3.31. The van der Waals surface area contributed by atoms with E-state index in [0.717, 1.165) is 6.07 Å². The van der Waals surface area contributed by atoms with E-state index in [1.807, 2.05) is 0 Å². The highest BCUT2D eigenvalue weighted by atomic mass is 19.4. The molecule has 2 N–H and O–H groups in total. The van der Waals surface area contributed by atoms with E-state index >= 15 is 0 Å². The topological polar surface area (TPSA) is 26.0 Å². The minimum Gasteiger partial charge on any atom is -0.330 e. The fourth-order valence-corrected chi connectivity index (χ4v) is 1.28. The Morgan fingerprint density at radius 1 is 1.27 bits per heavy atom. The summed E-state index contributed by atoms with van der Waals surface area (Å²) in [4.78, 5) is 0. The summed E-state index contributed by atoms with van der Waals surface area (Å²) >= 11 is 0. The summed E-state index contributed by atoms with van der Waals surface area (Å²) in [5.74, 6) is -2.15. The van der Waals surface area contributed by atoms with Gasteiger partial charge in [0.25, 0.3) is 0 Å². The average molecular weight is 221 g/mol. The third-order valence-corrected chi connectivity index (χ3v) is 2.12. The molecule has 0 saturated heterocycles. The lowest BCUT2D eigenvalue weighted by Gasteiger charge is -2.18. The first kappa shape index (κ1) is 12.0. The van der Waals surface area contributed by atoms with E-state index in [1.165, 1.54) is 18.2 Å². The highest BCUT2D eigenvalue weighted by molar-refractivity contribution is 5.17. The van der Waals surface area contributed by atoms with E-state index in [9.17, 15) is 17.6 Å². The molecule has 5 heteroatoms. The third-order valence-electron chi connectivity index (χ3n) is 2.12. The predicted octanol–water partition coefficient (Wildman–Crippen LogP) is 2.51. The summed E-state index contributed by atoms with van der Waals surface area (Å²) in [5.41, 5.74) is 5.34. The molecular weight excluding hydrogens is 210 g/mol. The first-order chi connectivity index (χ1) is 6.93. The smallest absolute Gasteiger partial charge is 0.330 e. The van der Waals surface area contributed by atoms with E-state index in [2.05, 4.69) is 0 Å². The van der Waals surface area contributed by atoms with Crippen LogP contribution in [0.1, 0.15) is 5.56 Å². The van der Waals surface area contributed by atoms with Gasteiger partial charge in [-0.2, -0.15) is 13.2 Å². The molecule has 0 spiro atoms. The molecule has 0 heterocycles. The Hall–Kier alpha value is -1.10. The van der Waals surface area contributed by atoms with Crippen LogP contribution in [0, 0.1) is 11.7 Å². The minimum atomic E-state index is -4.33. The van der Waals surface area contributed by atoms with Crippen molar-refractivity contribution in [3.63, 3.8) is 0 Å². The Morgan fingerprint density at radius 3 is 2.40 bits per heavy atom. The van der Waals surface area contributed by atoms with Crippen molar-refractivity contribution >= 4 is 0 Å². The first-order valence-electron chi connectivity index (χ1n) is 4.44. The van der Waals surface area contributed by atoms with Gasteiger partial charge in [-0.25, -0.2) is 4.39 Å². The van der Waals surface area contributed by atoms with Crippen LogP contribution in [0.25, 0.3) is 0 Å². The third kappa shape index (κ3) is 3.51. The monoisotopic (exact) mass is 221 g/mol. The van der Waals surface area contributed by atoms with Gasteiger partial charge in [0, 0.05) is 6.54 Å². The molecular formula is C10H11F4N. The Morgan fingerprint density at radius 2 is 1.93 bits per heavy atom. The molecule has 1 unspecified atom stereocenters. The number of alkyl halides is 3.